The van der Waals surface area contributed by atoms with Crippen molar-refractivity contribution in [2.24, 2.45) is 0 Å². The Labute approximate surface area is 79.4 Å². The van der Waals surface area contributed by atoms with Crippen LogP contribution in [-0.4, -0.2) is 21.5 Å². The van der Waals surface area contributed by atoms with Gasteiger partial charge in [0.05, 0.1) is 11.8 Å². The molecular weight excluding hydrogens is 192 g/mol. The van der Waals surface area contributed by atoms with E-state index in [1.165, 1.54) is 13.8 Å². The first-order valence-corrected chi connectivity index (χ1v) is 3.90. The van der Waals surface area contributed by atoms with E-state index in [1.54, 1.807) is 0 Å². The molecule has 76 valence electrons. The van der Waals surface area contributed by atoms with Gasteiger partial charge in [-0.2, -0.15) is 4.39 Å². The maximum absolute atomic E-state index is 13.0. The highest BCUT2D eigenvalue weighted by Gasteiger charge is 2.28. The van der Waals surface area contributed by atoms with Gasteiger partial charge < -0.3 is 5.11 Å². The van der Waals surface area contributed by atoms with E-state index in [0.717, 1.165) is 0 Å². The first-order chi connectivity index (χ1) is 6.32. The van der Waals surface area contributed by atoms with Crippen LogP contribution in [0.4, 0.5) is 8.78 Å². The Morgan fingerprint density at radius 1 is 1.50 bits per heavy atom. The molecule has 3 nitrogen and oxygen atoms in total. The first kappa shape index (κ1) is 10.7. The Hall–Kier alpha value is -1.36. The number of aromatic nitrogens is 1. The van der Waals surface area contributed by atoms with Gasteiger partial charge in [-0.15, -0.1) is 0 Å². The van der Waals surface area contributed by atoms with Crippen LogP contribution >= 0.6 is 0 Å². The van der Waals surface area contributed by atoms with Crippen molar-refractivity contribution in [3.8, 4) is 0 Å². The third-order valence-corrected chi connectivity index (χ3v) is 1.62. The van der Waals surface area contributed by atoms with Crippen molar-refractivity contribution in [1.29, 1.82) is 0 Å². The van der Waals surface area contributed by atoms with Crippen LogP contribution in [-0.2, 0) is 0 Å². The first-order valence-electron chi connectivity index (χ1n) is 3.90. The van der Waals surface area contributed by atoms with Crippen molar-refractivity contribution in [2.45, 2.75) is 19.4 Å². The third-order valence-electron chi connectivity index (χ3n) is 1.62. The molecule has 0 aromatic carbocycles. The van der Waals surface area contributed by atoms with Gasteiger partial charge >= 0.3 is 0 Å². The number of ketones is 1. The molecule has 1 aromatic heterocycles. The summed E-state index contributed by atoms with van der Waals surface area (Å²) in [5, 5.41) is 9.30. The van der Waals surface area contributed by atoms with Gasteiger partial charge in [0, 0.05) is 6.07 Å². The second kappa shape index (κ2) is 3.42. The molecule has 0 radical (unpaired) electrons. The summed E-state index contributed by atoms with van der Waals surface area (Å²) >= 11 is 0. The molecule has 0 atom stereocenters. The molecule has 1 heterocycles. The summed E-state index contributed by atoms with van der Waals surface area (Å²) in [5.41, 5.74) is -2.22. The Morgan fingerprint density at radius 3 is 2.57 bits per heavy atom. The number of rotatable bonds is 2. The number of pyridine rings is 1. The van der Waals surface area contributed by atoms with E-state index < -0.39 is 28.7 Å². The van der Waals surface area contributed by atoms with Gasteiger partial charge in [-0.1, -0.05) is 0 Å². The summed E-state index contributed by atoms with van der Waals surface area (Å²) < 4.78 is 25.6. The number of hydrogen-bond acceptors (Lipinski definition) is 3. The van der Waals surface area contributed by atoms with Gasteiger partial charge in [0.25, 0.3) is 0 Å². The Kier molecular flexibility index (Phi) is 2.62. The highest BCUT2D eigenvalue weighted by molar-refractivity contribution is 6.01. The van der Waals surface area contributed by atoms with Crippen molar-refractivity contribution in [3.63, 3.8) is 0 Å². The Bertz CT molecular complexity index is 372. The van der Waals surface area contributed by atoms with Crippen LogP contribution < -0.4 is 0 Å². The van der Waals surface area contributed by atoms with Gasteiger partial charge in [-0.05, 0) is 13.8 Å². The molecule has 0 saturated heterocycles. The summed E-state index contributed by atoms with van der Waals surface area (Å²) in [5.74, 6) is -2.78. The minimum Gasteiger partial charge on any atom is -0.382 e. The number of carbonyl (C=O) groups excluding carboxylic acids is 1. The molecule has 0 saturated carbocycles. The van der Waals surface area contributed by atoms with E-state index >= 15 is 0 Å². The molecule has 0 bridgehead atoms. The SMILES string of the molecule is CC(C)(O)C(=O)c1cc(F)ncc1F. The maximum Gasteiger partial charge on any atom is 0.213 e. The normalized spacial score (nSPS) is 11.5. The number of aliphatic hydroxyl groups is 1. The third kappa shape index (κ3) is 2.11. The Morgan fingerprint density at radius 2 is 2.07 bits per heavy atom. The molecule has 1 rings (SSSR count). The van der Waals surface area contributed by atoms with E-state index in [-0.39, 0.29) is 0 Å². The topological polar surface area (TPSA) is 50.2 Å². The summed E-state index contributed by atoms with van der Waals surface area (Å²) in [4.78, 5) is 14.4. The molecule has 0 fully saturated rings. The maximum atomic E-state index is 13.0. The van der Waals surface area contributed by atoms with Gasteiger partial charge in [-0.25, -0.2) is 9.37 Å². The fraction of sp³-hybridized carbons (Fsp3) is 0.333. The standard InChI is InChI=1S/C9H9F2NO2/c1-9(2,14)8(13)5-3-7(11)12-4-6(5)10/h3-4,14H,1-2H3. The van der Waals surface area contributed by atoms with E-state index in [1.807, 2.05) is 0 Å². The van der Waals surface area contributed by atoms with Crippen LogP contribution in [0.5, 0.6) is 0 Å². The highest BCUT2D eigenvalue weighted by Crippen LogP contribution is 2.15. The lowest BCUT2D eigenvalue weighted by Gasteiger charge is -2.15. The lowest BCUT2D eigenvalue weighted by atomic mass is 9.97. The summed E-state index contributed by atoms with van der Waals surface area (Å²) in [6.07, 6.45) is 0.605. The molecule has 0 amide bonds. The largest absolute Gasteiger partial charge is 0.382 e. The predicted octanol–water partition coefficient (Wildman–Crippen LogP) is 1.31. The zero-order valence-electron chi connectivity index (χ0n) is 7.71. The van der Waals surface area contributed by atoms with Gasteiger partial charge in [0.1, 0.15) is 5.60 Å². The van der Waals surface area contributed by atoms with Crippen LogP contribution in [0.2, 0.25) is 0 Å². The number of nitrogens with zero attached hydrogens (tertiary/aromatic N) is 1. The smallest absolute Gasteiger partial charge is 0.213 e. The van der Waals surface area contributed by atoms with Crippen LogP contribution in [0.3, 0.4) is 0 Å². The molecule has 0 aliphatic carbocycles. The minimum absolute atomic E-state index is 0.495. The average Bonchev–Trinajstić information content (AvgIpc) is 2.06. The second-order valence-corrected chi connectivity index (χ2v) is 3.38. The van der Waals surface area contributed by atoms with Gasteiger partial charge in [0.15, 0.2) is 11.6 Å². The predicted molar refractivity (Wildman–Crippen MR) is 44.8 cm³/mol. The van der Waals surface area contributed by atoms with Crippen LogP contribution in [0.25, 0.3) is 0 Å². The van der Waals surface area contributed by atoms with Crippen molar-refractivity contribution < 1.29 is 18.7 Å². The van der Waals surface area contributed by atoms with Crippen LogP contribution in [0.15, 0.2) is 12.3 Å². The molecule has 1 N–H and O–H groups in total. The van der Waals surface area contributed by atoms with Gasteiger partial charge in [-0.3, -0.25) is 4.79 Å². The monoisotopic (exact) mass is 201 g/mol. The van der Waals surface area contributed by atoms with E-state index in [0.29, 0.717) is 12.3 Å². The molecule has 5 heteroatoms. The zero-order valence-corrected chi connectivity index (χ0v) is 7.71. The number of hydrogen-bond donors (Lipinski definition) is 1. The van der Waals surface area contributed by atoms with Crippen molar-refractivity contribution in [3.05, 3.63) is 29.6 Å². The molecule has 0 aliphatic rings. The number of halogens is 2. The molecule has 1 aromatic rings. The quantitative estimate of drug-likeness (QED) is 0.579. The lowest BCUT2D eigenvalue weighted by molar-refractivity contribution is 0.0482. The summed E-state index contributed by atoms with van der Waals surface area (Å²) in [6, 6.07) is 0.662. The Balaban J connectivity index is 3.19. The van der Waals surface area contributed by atoms with E-state index in [2.05, 4.69) is 4.98 Å². The minimum atomic E-state index is -1.73. The molecule has 0 unspecified atom stereocenters. The van der Waals surface area contributed by atoms with Crippen LogP contribution in [0, 0.1) is 11.8 Å². The zero-order chi connectivity index (χ0) is 10.9. The van der Waals surface area contributed by atoms with E-state index in [4.69, 9.17) is 0 Å². The second-order valence-electron chi connectivity index (χ2n) is 3.38. The summed E-state index contributed by atoms with van der Waals surface area (Å²) in [7, 11) is 0. The number of carbonyl (C=O) groups is 1. The van der Waals surface area contributed by atoms with Crippen LogP contribution in [0.1, 0.15) is 24.2 Å². The van der Waals surface area contributed by atoms with Crippen molar-refractivity contribution in [2.75, 3.05) is 0 Å². The summed E-state index contributed by atoms with van der Waals surface area (Å²) in [6.45, 7) is 2.40. The average molecular weight is 201 g/mol. The molecule has 0 spiro atoms. The van der Waals surface area contributed by atoms with Gasteiger partial charge in [0.2, 0.25) is 5.95 Å². The molecule has 14 heavy (non-hydrogen) atoms. The van der Waals surface area contributed by atoms with E-state index in [9.17, 15) is 18.7 Å². The fourth-order valence-electron chi connectivity index (χ4n) is 0.917. The van der Waals surface area contributed by atoms with Crippen molar-refractivity contribution >= 4 is 5.78 Å². The highest BCUT2D eigenvalue weighted by atomic mass is 19.1. The fourth-order valence-corrected chi connectivity index (χ4v) is 0.917. The van der Waals surface area contributed by atoms with Crippen molar-refractivity contribution in [1.82, 2.24) is 4.98 Å². The molecular formula is C9H9F2NO2. The number of Topliss-reactive ketones (excluding diaryl/α,β-unsaturated/α-hetero) is 1. The lowest BCUT2D eigenvalue weighted by Crippen LogP contribution is -2.32. The molecule has 0 aliphatic heterocycles.